The maximum absolute atomic E-state index is 14.1. The topological polar surface area (TPSA) is 15.3 Å². The quantitative estimate of drug-likeness (QED) is 0.824. The van der Waals surface area contributed by atoms with E-state index in [4.69, 9.17) is 0 Å². The standard InChI is InChI=1S/C15H21FN2/c1-3-4-15(18-9-7-17-8-10-18)13-6-5-12(2)11-14(13)16/h3,5-6,11,15,17H,1,4,7-10H2,2H3/t15-/m0/s1. The fraction of sp³-hybridized carbons (Fsp3) is 0.467. The molecule has 0 aliphatic carbocycles. The summed E-state index contributed by atoms with van der Waals surface area (Å²) in [6.07, 6.45) is 2.67. The van der Waals surface area contributed by atoms with Crippen molar-refractivity contribution in [3.05, 3.63) is 47.8 Å². The van der Waals surface area contributed by atoms with Gasteiger partial charge in [-0.1, -0.05) is 18.2 Å². The lowest BCUT2D eigenvalue weighted by Gasteiger charge is -2.35. The zero-order valence-corrected chi connectivity index (χ0v) is 11.0. The van der Waals surface area contributed by atoms with Gasteiger partial charge in [0.1, 0.15) is 5.82 Å². The minimum absolute atomic E-state index is 0.0969. The number of hydrogen-bond acceptors (Lipinski definition) is 2. The Labute approximate surface area is 108 Å². The highest BCUT2D eigenvalue weighted by atomic mass is 19.1. The number of benzene rings is 1. The smallest absolute Gasteiger partial charge is 0.128 e. The Morgan fingerprint density at radius 2 is 2.17 bits per heavy atom. The second kappa shape index (κ2) is 6.12. The summed E-state index contributed by atoms with van der Waals surface area (Å²) in [6, 6.07) is 5.63. The first kappa shape index (κ1) is 13.2. The molecule has 0 saturated carbocycles. The molecule has 0 amide bonds. The summed E-state index contributed by atoms with van der Waals surface area (Å²) >= 11 is 0. The molecule has 2 nitrogen and oxygen atoms in total. The number of aryl methyl sites for hydroxylation is 1. The third-order valence-electron chi connectivity index (χ3n) is 3.50. The highest BCUT2D eigenvalue weighted by Gasteiger charge is 2.23. The van der Waals surface area contributed by atoms with Crippen molar-refractivity contribution in [3.63, 3.8) is 0 Å². The van der Waals surface area contributed by atoms with Gasteiger partial charge in [0.05, 0.1) is 0 Å². The maximum atomic E-state index is 14.1. The second-order valence-corrected chi connectivity index (χ2v) is 4.85. The Kier molecular flexibility index (Phi) is 4.50. The Hall–Kier alpha value is -1.19. The monoisotopic (exact) mass is 248 g/mol. The van der Waals surface area contributed by atoms with Gasteiger partial charge in [-0.05, 0) is 25.0 Å². The van der Waals surface area contributed by atoms with Crippen LogP contribution >= 0.6 is 0 Å². The van der Waals surface area contributed by atoms with E-state index >= 15 is 0 Å². The van der Waals surface area contributed by atoms with Crippen molar-refractivity contribution in [3.8, 4) is 0 Å². The summed E-state index contributed by atoms with van der Waals surface area (Å²) < 4.78 is 14.1. The molecule has 0 bridgehead atoms. The Bertz CT molecular complexity index is 411. The van der Waals surface area contributed by atoms with Crippen LogP contribution in [0.15, 0.2) is 30.9 Å². The molecule has 0 spiro atoms. The molecule has 1 heterocycles. The van der Waals surface area contributed by atoms with E-state index in [9.17, 15) is 4.39 Å². The first-order valence-corrected chi connectivity index (χ1v) is 6.54. The van der Waals surface area contributed by atoms with E-state index in [1.165, 1.54) is 0 Å². The predicted octanol–water partition coefficient (Wildman–Crippen LogP) is 2.66. The van der Waals surface area contributed by atoms with Crippen LogP contribution in [-0.2, 0) is 0 Å². The van der Waals surface area contributed by atoms with Gasteiger partial charge in [-0.3, -0.25) is 4.90 Å². The molecule has 2 rings (SSSR count). The van der Waals surface area contributed by atoms with Crippen molar-refractivity contribution in [1.82, 2.24) is 10.2 Å². The molecule has 1 aromatic rings. The average Bonchev–Trinajstić information content (AvgIpc) is 2.38. The van der Waals surface area contributed by atoms with Gasteiger partial charge in [0.25, 0.3) is 0 Å². The van der Waals surface area contributed by atoms with Gasteiger partial charge >= 0.3 is 0 Å². The number of nitrogens with zero attached hydrogens (tertiary/aromatic N) is 1. The molecule has 0 radical (unpaired) electrons. The zero-order valence-electron chi connectivity index (χ0n) is 11.0. The van der Waals surface area contributed by atoms with Crippen molar-refractivity contribution >= 4 is 0 Å². The van der Waals surface area contributed by atoms with Gasteiger partial charge in [-0.25, -0.2) is 4.39 Å². The van der Waals surface area contributed by atoms with Crippen molar-refractivity contribution in [1.29, 1.82) is 0 Å². The summed E-state index contributed by atoms with van der Waals surface area (Å²) in [5.74, 6) is -0.0969. The highest BCUT2D eigenvalue weighted by molar-refractivity contribution is 5.26. The van der Waals surface area contributed by atoms with Crippen molar-refractivity contribution in [2.45, 2.75) is 19.4 Å². The molecule has 1 aliphatic heterocycles. The molecule has 1 fully saturated rings. The third kappa shape index (κ3) is 2.98. The number of rotatable bonds is 4. The lowest BCUT2D eigenvalue weighted by Crippen LogP contribution is -2.45. The number of piperazine rings is 1. The van der Waals surface area contributed by atoms with Gasteiger partial charge in [0, 0.05) is 37.8 Å². The number of nitrogens with one attached hydrogen (secondary N) is 1. The first-order chi connectivity index (χ1) is 8.72. The second-order valence-electron chi connectivity index (χ2n) is 4.85. The van der Waals surface area contributed by atoms with Crippen LogP contribution in [0.2, 0.25) is 0 Å². The van der Waals surface area contributed by atoms with Crippen LogP contribution in [0.3, 0.4) is 0 Å². The molecular formula is C15H21FN2. The van der Waals surface area contributed by atoms with Gasteiger partial charge in [-0.2, -0.15) is 0 Å². The van der Waals surface area contributed by atoms with Gasteiger partial charge in [0.15, 0.2) is 0 Å². The highest BCUT2D eigenvalue weighted by Crippen LogP contribution is 2.27. The van der Waals surface area contributed by atoms with Crippen molar-refractivity contribution in [2.75, 3.05) is 26.2 Å². The van der Waals surface area contributed by atoms with Crippen LogP contribution in [0.1, 0.15) is 23.6 Å². The summed E-state index contributed by atoms with van der Waals surface area (Å²) in [6.45, 7) is 9.60. The van der Waals surface area contributed by atoms with E-state index in [1.54, 1.807) is 6.07 Å². The average molecular weight is 248 g/mol. The summed E-state index contributed by atoms with van der Waals surface area (Å²) in [5.41, 5.74) is 1.76. The molecule has 18 heavy (non-hydrogen) atoms. The molecule has 3 heteroatoms. The Morgan fingerprint density at radius 1 is 1.44 bits per heavy atom. The van der Waals surface area contributed by atoms with E-state index in [-0.39, 0.29) is 11.9 Å². The Morgan fingerprint density at radius 3 is 2.78 bits per heavy atom. The largest absolute Gasteiger partial charge is 0.314 e. The normalized spacial score (nSPS) is 18.6. The van der Waals surface area contributed by atoms with Crippen molar-refractivity contribution < 1.29 is 4.39 Å². The van der Waals surface area contributed by atoms with Crippen LogP contribution in [0, 0.1) is 12.7 Å². The summed E-state index contributed by atoms with van der Waals surface area (Å²) in [5, 5.41) is 3.33. The number of hydrogen-bond donors (Lipinski definition) is 1. The Balaban J connectivity index is 2.24. The lowest BCUT2D eigenvalue weighted by molar-refractivity contribution is 0.171. The van der Waals surface area contributed by atoms with Crippen LogP contribution in [0.5, 0.6) is 0 Å². The molecule has 1 saturated heterocycles. The molecule has 1 N–H and O–H groups in total. The van der Waals surface area contributed by atoms with Crippen molar-refractivity contribution in [2.24, 2.45) is 0 Å². The van der Waals surface area contributed by atoms with E-state index in [0.717, 1.165) is 43.7 Å². The van der Waals surface area contributed by atoms with Gasteiger partial charge < -0.3 is 5.32 Å². The molecule has 98 valence electrons. The fourth-order valence-electron chi connectivity index (χ4n) is 2.53. The predicted molar refractivity (Wildman–Crippen MR) is 73.1 cm³/mol. The van der Waals surface area contributed by atoms with Crippen LogP contribution in [0.4, 0.5) is 4.39 Å². The van der Waals surface area contributed by atoms with Gasteiger partial charge in [0.2, 0.25) is 0 Å². The molecular weight excluding hydrogens is 227 g/mol. The van der Waals surface area contributed by atoms with Crippen LogP contribution < -0.4 is 5.32 Å². The third-order valence-corrected chi connectivity index (χ3v) is 3.50. The minimum Gasteiger partial charge on any atom is -0.314 e. The molecule has 0 unspecified atom stereocenters. The van der Waals surface area contributed by atoms with E-state index in [0.29, 0.717) is 0 Å². The molecule has 1 aromatic carbocycles. The van der Waals surface area contributed by atoms with E-state index < -0.39 is 0 Å². The summed E-state index contributed by atoms with van der Waals surface area (Å²) in [7, 11) is 0. The number of halogens is 1. The van der Waals surface area contributed by atoms with Crippen LogP contribution in [0.25, 0.3) is 0 Å². The van der Waals surface area contributed by atoms with Gasteiger partial charge in [-0.15, -0.1) is 6.58 Å². The van der Waals surface area contributed by atoms with E-state index in [2.05, 4.69) is 16.8 Å². The molecule has 1 aliphatic rings. The fourth-order valence-corrected chi connectivity index (χ4v) is 2.53. The lowest BCUT2D eigenvalue weighted by atomic mass is 9.99. The van der Waals surface area contributed by atoms with Crippen LogP contribution in [-0.4, -0.2) is 31.1 Å². The SMILES string of the molecule is C=CC[C@@H](c1ccc(C)cc1F)N1CCNCC1. The maximum Gasteiger partial charge on any atom is 0.128 e. The zero-order chi connectivity index (χ0) is 13.0. The first-order valence-electron chi connectivity index (χ1n) is 6.54. The molecule has 1 atom stereocenters. The molecule has 0 aromatic heterocycles. The summed E-state index contributed by atoms with van der Waals surface area (Å²) in [4.78, 5) is 2.34. The minimum atomic E-state index is -0.0969. The van der Waals surface area contributed by atoms with E-state index in [1.807, 2.05) is 25.1 Å².